The van der Waals surface area contributed by atoms with E-state index >= 15 is 0 Å². The Morgan fingerprint density at radius 2 is 1.81 bits per heavy atom. The summed E-state index contributed by atoms with van der Waals surface area (Å²) in [5.74, 6) is 0. The van der Waals surface area contributed by atoms with Crippen LogP contribution < -0.4 is 0 Å². The largest absolute Gasteiger partial charge is 0.453 e. The van der Waals surface area contributed by atoms with Gasteiger partial charge in [-0.1, -0.05) is 20.8 Å². The van der Waals surface area contributed by atoms with Crippen LogP contribution in [-0.2, 0) is 19.0 Å². The van der Waals surface area contributed by atoms with E-state index in [0.29, 0.717) is 19.5 Å². The van der Waals surface area contributed by atoms with Gasteiger partial charge in [-0.25, -0.2) is 13.2 Å². The van der Waals surface area contributed by atoms with Crippen molar-refractivity contribution in [1.29, 1.82) is 0 Å². The second-order valence-corrected chi connectivity index (χ2v) is 16.8. The highest BCUT2D eigenvalue weighted by Crippen LogP contribution is 2.50. The van der Waals surface area contributed by atoms with Crippen LogP contribution in [0.15, 0.2) is 0 Å². The van der Waals surface area contributed by atoms with E-state index in [1.165, 1.54) is 13.4 Å². The molecule has 2 aliphatic rings. The minimum atomic E-state index is -3.26. The predicted molar refractivity (Wildman–Crippen MR) is 110 cm³/mol. The van der Waals surface area contributed by atoms with Gasteiger partial charge in [0.2, 0.25) is 0 Å². The van der Waals surface area contributed by atoms with Gasteiger partial charge in [-0.2, -0.15) is 0 Å². The Hall–Kier alpha value is -0.603. The van der Waals surface area contributed by atoms with Crippen LogP contribution >= 0.6 is 0 Å². The topological polar surface area (TPSA) is 72.9 Å². The van der Waals surface area contributed by atoms with Crippen LogP contribution in [0.3, 0.4) is 0 Å². The van der Waals surface area contributed by atoms with Gasteiger partial charge < -0.3 is 14.1 Å². The number of hydrogen-bond acceptors (Lipinski definition) is 5. The molecule has 3 atom stereocenters. The van der Waals surface area contributed by atoms with Crippen molar-refractivity contribution < 1.29 is 22.4 Å². The first-order chi connectivity index (χ1) is 12.2. The molecule has 6 nitrogen and oxygen atoms in total. The van der Waals surface area contributed by atoms with Gasteiger partial charge in [-0.05, 0) is 50.2 Å². The lowest BCUT2D eigenvalue weighted by Crippen LogP contribution is -2.63. The molecular formula is C19H37NO5SSi. The van der Waals surface area contributed by atoms with Crippen molar-refractivity contribution in [2.75, 3.05) is 26.5 Å². The van der Waals surface area contributed by atoms with Gasteiger partial charge in [0.25, 0.3) is 0 Å². The zero-order chi connectivity index (χ0) is 20.7. The van der Waals surface area contributed by atoms with Crippen molar-refractivity contribution in [3.8, 4) is 0 Å². The number of hydrogen-bond donors (Lipinski definition) is 0. The lowest BCUT2D eigenvalue weighted by atomic mass is 9.67. The summed E-state index contributed by atoms with van der Waals surface area (Å²) in [6.45, 7) is 12.0. The van der Waals surface area contributed by atoms with Crippen LogP contribution in [0.2, 0.25) is 18.1 Å². The lowest BCUT2D eigenvalue weighted by Gasteiger charge is -2.55. The molecule has 1 saturated carbocycles. The highest BCUT2D eigenvalue weighted by Gasteiger charge is 2.56. The van der Waals surface area contributed by atoms with E-state index in [1.807, 2.05) is 0 Å². The third-order valence-corrected chi connectivity index (χ3v) is 13.2. The van der Waals surface area contributed by atoms with Crippen molar-refractivity contribution in [3.63, 3.8) is 0 Å². The minimum absolute atomic E-state index is 0.0446. The van der Waals surface area contributed by atoms with Crippen molar-refractivity contribution >= 4 is 24.2 Å². The molecule has 1 aliphatic carbocycles. The molecule has 0 N–H and O–H groups in total. The first-order valence-corrected chi connectivity index (χ1v) is 14.8. The second-order valence-electron chi connectivity index (χ2n) is 9.84. The summed E-state index contributed by atoms with van der Waals surface area (Å²) < 4.78 is 37.2. The Balaban J connectivity index is 2.46. The van der Waals surface area contributed by atoms with Crippen LogP contribution in [0.1, 0.15) is 52.9 Å². The number of nitrogens with zero attached hydrogens (tertiary/aromatic N) is 1. The van der Waals surface area contributed by atoms with Crippen LogP contribution in [0.25, 0.3) is 0 Å². The number of piperidine rings is 1. The molecule has 1 aliphatic heterocycles. The number of ether oxygens (including phenoxy) is 1. The lowest BCUT2D eigenvalue weighted by molar-refractivity contribution is -0.0450. The number of sulfone groups is 1. The van der Waals surface area contributed by atoms with Gasteiger partial charge in [-0.3, -0.25) is 0 Å². The zero-order valence-corrected chi connectivity index (χ0v) is 19.8. The maximum Gasteiger partial charge on any atom is 0.409 e. The average Bonchev–Trinajstić information content (AvgIpc) is 2.54. The van der Waals surface area contributed by atoms with E-state index in [1.54, 1.807) is 4.90 Å². The average molecular weight is 420 g/mol. The molecule has 1 heterocycles. The predicted octanol–water partition coefficient (Wildman–Crippen LogP) is 3.82. The number of likely N-dealkylation sites (tertiary alicyclic amines) is 1. The fourth-order valence-corrected chi connectivity index (χ4v) is 7.75. The number of amides is 1. The Morgan fingerprint density at radius 3 is 2.33 bits per heavy atom. The quantitative estimate of drug-likeness (QED) is 0.650. The number of methoxy groups -OCH3 is 1. The van der Waals surface area contributed by atoms with E-state index in [4.69, 9.17) is 9.16 Å². The Morgan fingerprint density at radius 1 is 1.19 bits per heavy atom. The molecule has 1 saturated heterocycles. The fraction of sp³-hybridized carbons (Fsp3) is 0.947. The van der Waals surface area contributed by atoms with E-state index in [2.05, 4.69) is 33.9 Å². The minimum Gasteiger partial charge on any atom is -0.453 e. The normalized spacial score (nSPS) is 30.4. The van der Waals surface area contributed by atoms with Gasteiger partial charge in [-0.15, -0.1) is 0 Å². The molecular weight excluding hydrogens is 382 g/mol. The third-order valence-electron chi connectivity index (χ3n) is 6.96. The molecule has 1 spiro atoms. The SMILES string of the molecule is COC(=O)N1CCC[C@@]2(C1)[C@@H](O[Si](C)(C)C(C)(C)C)CCC[C@H]2S(C)(=O)=O. The molecule has 0 unspecified atom stereocenters. The Kier molecular flexibility index (Phi) is 6.44. The summed E-state index contributed by atoms with van der Waals surface area (Å²) in [7, 11) is -3.96. The summed E-state index contributed by atoms with van der Waals surface area (Å²) in [6.07, 6.45) is 4.72. The summed E-state index contributed by atoms with van der Waals surface area (Å²) in [5.41, 5.74) is -0.548. The zero-order valence-electron chi connectivity index (χ0n) is 18.0. The highest BCUT2D eigenvalue weighted by molar-refractivity contribution is 7.91. The van der Waals surface area contributed by atoms with Crippen molar-refractivity contribution in [2.45, 2.75) is 82.4 Å². The number of carbonyl (C=O) groups excluding carboxylic acids is 1. The molecule has 0 bridgehead atoms. The smallest absolute Gasteiger partial charge is 0.409 e. The van der Waals surface area contributed by atoms with Gasteiger partial charge in [0, 0.05) is 24.8 Å². The molecule has 8 heteroatoms. The van der Waals surface area contributed by atoms with Crippen LogP contribution in [0.4, 0.5) is 4.79 Å². The van der Waals surface area contributed by atoms with Crippen molar-refractivity contribution in [1.82, 2.24) is 4.90 Å². The monoisotopic (exact) mass is 419 g/mol. The molecule has 158 valence electrons. The van der Waals surface area contributed by atoms with E-state index in [0.717, 1.165) is 25.7 Å². The molecule has 0 aromatic rings. The summed E-state index contributed by atoms with van der Waals surface area (Å²) in [4.78, 5) is 13.9. The van der Waals surface area contributed by atoms with E-state index < -0.39 is 28.8 Å². The van der Waals surface area contributed by atoms with Crippen LogP contribution in [0, 0.1) is 5.41 Å². The Labute approximate surface area is 166 Å². The maximum atomic E-state index is 12.7. The molecule has 27 heavy (non-hydrogen) atoms. The summed E-state index contributed by atoms with van der Waals surface area (Å²) in [5, 5.41) is -0.427. The van der Waals surface area contributed by atoms with Crippen molar-refractivity contribution in [3.05, 3.63) is 0 Å². The second kappa shape index (κ2) is 7.67. The molecule has 0 aromatic heterocycles. The first kappa shape index (κ1) is 22.7. The first-order valence-electron chi connectivity index (χ1n) is 9.94. The molecule has 2 rings (SSSR count). The van der Waals surface area contributed by atoms with Gasteiger partial charge in [0.1, 0.15) is 0 Å². The van der Waals surface area contributed by atoms with Gasteiger partial charge in [0.05, 0.1) is 18.5 Å². The fourth-order valence-electron chi connectivity index (χ4n) is 4.54. The van der Waals surface area contributed by atoms with Crippen LogP contribution in [0.5, 0.6) is 0 Å². The molecule has 0 aromatic carbocycles. The van der Waals surface area contributed by atoms with Crippen LogP contribution in [-0.4, -0.2) is 65.5 Å². The van der Waals surface area contributed by atoms with E-state index in [9.17, 15) is 13.2 Å². The third kappa shape index (κ3) is 4.53. The van der Waals surface area contributed by atoms with Gasteiger partial charge in [0.15, 0.2) is 18.2 Å². The Bertz CT molecular complexity index is 658. The maximum absolute atomic E-state index is 12.7. The van der Waals surface area contributed by atoms with Gasteiger partial charge >= 0.3 is 6.09 Å². The number of rotatable bonds is 3. The molecule has 1 amide bonds. The summed E-state index contributed by atoms with van der Waals surface area (Å²) >= 11 is 0. The molecule has 0 radical (unpaired) electrons. The highest BCUT2D eigenvalue weighted by atomic mass is 32.2. The summed E-state index contributed by atoms with van der Waals surface area (Å²) in [6, 6.07) is 0. The standard InChI is InChI=1S/C19H37NO5SSi/c1-18(2,3)27(6,7)25-15-10-8-11-16(26(5,22)23)19(15)12-9-13-20(14-19)17(21)24-4/h15-16H,8-14H2,1-7H3/t15-,16+,19+/m0/s1. The molecule has 2 fully saturated rings. The van der Waals surface area contributed by atoms with E-state index in [-0.39, 0.29) is 17.2 Å². The van der Waals surface area contributed by atoms with Crippen molar-refractivity contribution in [2.24, 2.45) is 5.41 Å². The number of carbonyl (C=O) groups is 1.